The summed E-state index contributed by atoms with van der Waals surface area (Å²) in [4.78, 5) is 17.0. The highest BCUT2D eigenvalue weighted by atomic mass is 16.5. The van der Waals surface area contributed by atoms with Crippen LogP contribution in [0.3, 0.4) is 0 Å². The molecule has 7 heteroatoms. The number of H-pyrrole nitrogens is 1. The molecule has 3 aromatic carbocycles. The van der Waals surface area contributed by atoms with Gasteiger partial charge < -0.3 is 14.9 Å². The van der Waals surface area contributed by atoms with Crippen molar-refractivity contribution in [1.82, 2.24) is 14.6 Å². The minimum absolute atomic E-state index is 0.330. The van der Waals surface area contributed by atoms with Gasteiger partial charge in [-0.05, 0) is 23.3 Å². The number of hydrogen-bond donors (Lipinski definition) is 2. The van der Waals surface area contributed by atoms with Crippen LogP contribution in [0.4, 0.5) is 0 Å². The Labute approximate surface area is 189 Å². The molecule has 2 heterocycles. The Bertz CT molecular complexity index is 1500. The number of methoxy groups -OCH3 is 1. The van der Waals surface area contributed by atoms with Gasteiger partial charge in [-0.2, -0.15) is 9.61 Å². The van der Waals surface area contributed by atoms with Crippen LogP contribution in [0.2, 0.25) is 0 Å². The number of nitrogens with zero attached hydrogens (tertiary/aromatic N) is 3. The third-order valence-electron chi connectivity index (χ3n) is 5.49. The van der Waals surface area contributed by atoms with E-state index >= 15 is 0 Å². The summed E-state index contributed by atoms with van der Waals surface area (Å²) in [5.41, 5.74) is 4.79. The maximum atomic E-state index is 13.7. The summed E-state index contributed by atoms with van der Waals surface area (Å²) < 4.78 is 6.60. The van der Waals surface area contributed by atoms with Gasteiger partial charge in [-0.15, -0.1) is 0 Å². The summed E-state index contributed by atoms with van der Waals surface area (Å²) >= 11 is 0. The first-order valence-corrected chi connectivity index (χ1v) is 10.3. The van der Waals surface area contributed by atoms with E-state index in [1.165, 1.54) is 10.7 Å². The second-order valence-electron chi connectivity index (χ2n) is 7.41. The molecule has 0 spiro atoms. The molecule has 5 rings (SSSR count). The van der Waals surface area contributed by atoms with Gasteiger partial charge >= 0.3 is 0 Å². The fraction of sp³-hybridized carbons (Fsp3) is 0.0385. The lowest BCUT2D eigenvalue weighted by atomic mass is 10.0. The predicted molar refractivity (Wildman–Crippen MR) is 128 cm³/mol. The molecule has 162 valence electrons. The van der Waals surface area contributed by atoms with Crippen LogP contribution in [0.1, 0.15) is 5.69 Å². The predicted octanol–water partition coefficient (Wildman–Crippen LogP) is 4.84. The molecule has 0 unspecified atom stereocenters. The summed E-state index contributed by atoms with van der Waals surface area (Å²) in [5, 5.41) is 17.2. The van der Waals surface area contributed by atoms with Crippen LogP contribution < -0.4 is 10.3 Å². The van der Waals surface area contributed by atoms with E-state index in [0.717, 1.165) is 16.7 Å². The fourth-order valence-electron chi connectivity index (χ4n) is 3.96. The SMILES string of the molecule is COc1ccc(-c2c(C=NO)[nH]c3c(-c4ccccc4)c(-c4ccccc4)nn3c2=O)cc1. The number of hydrogen-bond acceptors (Lipinski definition) is 5. The molecule has 0 fully saturated rings. The minimum Gasteiger partial charge on any atom is -0.497 e. The topological polar surface area (TPSA) is 92.0 Å². The average molecular weight is 436 g/mol. The zero-order valence-corrected chi connectivity index (χ0v) is 17.8. The monoisotopic (exact) mass is 436 g/mol. The van der Waals surface area contributed by atoms with Gasteiger partial charge in [0.1, 0.15) is 17.1 Å². The molecular weight excluding hydrogens is 416 g/mol. The number of aromatic amines is 1. The second kappa shape index (κ2) is 8.47. The average Bonchev–Trinajstić information content (AvgIpc) is 3.25. The van der Waals surface area contributed by atoms with Crippen molar-refractivity contribution in [2.24, 2.45) is 5.16 Å². The van der Waals surface area contributed by atoms with Crippen LogP contribution in [0.25, 0.3) is 39.2 Å². The molecule has 2 aromatic heterocycles. The Morgan fingerprint density at radius 2 is 1.48 bits per heavy atom. The quantitative estimate of drug-likeness (QED) is 0.234. The van der Waals surface area contributed by atoms with Crippen molar-refractivity contribution in [2.75, 3.05) is 7.11 Å². The van der Waals surface area contributed by atoms with Crippen LogP contribution in [0.15, 0.2) is 94.9 Å². The molecule has 7 nitrogen and oxygen atoms in total. The lowest BCUT2D eigenvalue weighted by molar-refractivity contribution is 0.321. The molecule has 0 saturated heterocycles. The van der Waals surface area contributed by atoms with Crippen molar-refractivity contribution < 1.29 is 9.94 Å². The van der Waals surface area contributed by atoms with Crippen LogP contribution in [-0.2, 0) is 0 Å². The van der Waals surface area contributed by atoms with E-state index in [1.54, 1.807) is 31.4 Å². The van der Waals surface area contributed by atoms with Gasteiger partial charge in [0, 0.05) is 5.56 Å². The Kier molecular flexibility index (Phi) is 5.20. The van der Waals surface area contributed by atoms with E-state index in [9.17, 15) is 10.0 Å². The smallest absolute Gasteiger partial charge is 0.282 e. The summed E-state index contributed by atoms with van der Waals surface area (Å²) in [7, 11) is 1.58. The maximum Gasteiger partial charge on any atom is 0.282 e. The number of oxime groups is 1. The molecule has 0 bridgehead atoms. The van der Waals surface area contributed by atoms with Crippen molar-refractivity contribution in [3.8, 4) is 39.3 Å². The Morgan fingerprint density at radius 1 is 0.879 bits per heavy atom. The van der Waals surface area contributed by atoms with Crippen molar-refractivity contribution in [3.63, 3.8) is 0 Å². The highest BCUT2D eigenvalue weighted by Gasteiger charge is 2.22. The normalized spacial score (nSPS) is 11.3. The highest BCUT2D eigenvalue weighted by Crippen LogP contribution is 2.34. The Balaban J connectivity index is 1.87. The van der Waals surface area contributed by atoms with E-state index in [4.69, 9.17) is 9.84 Å². The van der Waals surface area contributed by atoms with Crippen molar-refractivity contribution >= 4 is 11.9 Å². The number of ether oxygens (including phenoxy) is 1. The minimum atomic E-state index is -0.330. The fourth-order valence-corrected chi connectivity index (χ4v) is 3.96. The third-order valence-corrected chi connectivity index (χ3v) is 5.49. The van der Waals surface area contributed by atoms with Gasteiger partial charge in [-0.1, -0.05) is 78.0 Å². The maximum absolute atomic E-state index is 13.7. The number of benzene rings is 3. The van der Waals surface area contributed by atoms with Crippen LogP contribution in [0.5, 0.6) is 5.75 Å². The van der Waals surface area contributed by atoms with E-state index in [0.29, 0.717) is 33.9 Å². The third kappa shape index (κ3) is 3.55. The van der Waals surface area contributed by atoms with E-state index < -0.39 is 0 Å². The standard InChI is InChI=1S/C26H20N4O3/c1-33-20-14-12-18(13-15-20)22-21(16-27-32)28-25-23(17-8-4-2-5-9-17)24(29-30(25)26(22)31)19-10-6-3-7-11-19/h2-16,28,32H,1H3. The van der Waals surface area contributed by atoms with Gasteiger partial charge in [-0.25, -0.2) is 0 Å². The van der Waals surface area contributed by atoms with Gasteiger partial charge in [0.25, 0.3) is 5.56 Å². The van der Waals surface area contributed by atoms with Crippen LogP contribution >= 0.6 is 0 Å². The first kappa shape index (κ1) is 20.3. The molecule has 0 amide bonds. The van der Waals surface area contributed by atoms with Crippen LogP contribution in [-0.4, -0.2) is 33.1 Å². The van der Waals surface area contributed by atoms with Gasteiger partial charge in [-0.3, -0.25) is 4.79 Å². The van der Waals surface area contributed by atoms with Crippen LogP contribution in [0, 0.1) is 0 Å². The Morgan fingerprint density at radius 3 is 2.09 bits per heavy atom. The Hall–Kier alpha value is -4.65. The number of aromatic nitrogens is 3. The lowest BCUT2D eigenvalue weighted by Gasteiger charge is -2.09. The van der Waals surface area contributed by atoms with E-state index in [2.05, 4.69) is 10.1 Å². The van der Waals surface area contributed by atoms with Gasteiger partial charge in [0.15, 0.2) is 0 Å². The zero-order chi connectivity index (χ0) is 22.8. The molecule has 2 N–H and O–H groups in total. The number of nitrogens with one attached hydrogen (secondary N) is 1. The second-order valence-corrected chi connectivity index (χ2v) is 7.41. The van der Waals surface area contributed by atoms with Crippen molar-refractivity contribution in [2.45, 2.75) is 0 Å². The largest absolute Gasteiger partial charge is 0.497 e. The van der Waals surface area contributed by atoms with Crippen molar-refractivity contribution in [3.05, 3.63) is 101 Å². The molecule has 0 radical (unpaired) electrons. The molecule has 0 aliphatic carbocycles. The molecule has 0 saturated carbocycles. The van der Waals surface area contributed by atoms with Crippen molar-refractivity contribution in [1.29, 1.82) is 0 Å². The lowest BCUT2D eigenvalue weighted by Crippen LogP contribution is -2.20. The van der Waals surface area contributed by atoms with E-state index in [1.807, 2.05) is 60.7 Å². The molecule has 0 atom stereocenters. The molecular formula is C26H20N4O3. The molecule has 0 aliphatic heterocycles. The molecule has 5 aromatic rings. The van der Waals surface area contributed by atoms with E-state index in [-0.39, 0.29) is 5.56 Å². The molecule has 33 heavy (non-hydrogen) atoms. The summed E-state index contributed by atoms with van der Waals surface area (Å²) in [6.45, 7) is 0. The van der Waals surface area contributed by atoms with Gasteiger partial charge in [0.2, 0.25) is 0 Å². The highest BCUT2D eigenvalue weighted by molar-refractivity contribution is 5.94. The number of rotatable bonds is 5. The number of fused-ring (bicyclic) bond motifs is 1. The summed E-state index contributed by atoms with van der Waals surface area (Å²) in [5.74, 6) is 0.672. The first-order chi connectivity index (χ1) is 16.2. The molecule has 0 aliphatic rings. The van der Waals surface area contributed by atoms with Gasteiger partial charge in [0.05, 0.1) is 30.1 Å². The zero-order valence-electron chi connectivity index (χ0n) is 17.8. The summed E-state index contributed by atoms with van der Waals surface area (Å²) in [6, 6.07) is 26.6. The summed E-state index contributed by atoms with van der Waals surface area (Å²) in [6.07, 6.45) is 1.23. The first-order valence-electron chi connectivity index (χ1n) is 10.3.